The van der Waals surface area contributed by atoms with E-state index in [0.29, 0.717) is 6.54 Å². The van der Waals surface area contributed by atoms with Crippen LogP contribution in [0.1, 0.15) is 12.8 Å². The highest BCUT2D eigenvalue weighted by Crippen LogP contribution is 2.19. The first kappa shape index (κ1) is 10.4. The zero-order valence-corrected chi connectivity index (χ0v) is 9.35. The van der Waals surface area contributed by atoms with Gasteiger partial charge in [0.2, 0.25) is 0 Å². The van der Waals surface area contributed by atoms with E-state index in [0.717, 1.165) is 30.5 Å². The van der Waals surface area contributed by atoms with E-state index >= 15 is 0 Å². The summed E-state index contributed by atoms with van der Waals surface area (Å²) in [5.74, 6) is 0.164. The molecular formula is C12H14N2O3. The molecule has 1 aliphatic rings. The highest BCUT2D eigenvalue weighted by Gasteiger charge is 2.18. The number of phenolic OH excluding ortho intramolecular Hbond substituents is 1. The maximum Gasteiger partial charge on any atom is 0.326 e. The van der Waals surface area contributed by atoms with E-state index in [9.17, 15) is 9.90 Å². The van der Waals surface area contributed by atoms with Crippen LogP contribution in [-0.2, 0) is 11.3 Å². The van der Waals surface area contributed by atoms with Gasteiger partial charge in [0.15, 0.2) is 0 Å². The maximum atomic E-state index is 11.8. The largest absolute Gasteiger partial charge is 0.508 e. The summed E-state index contributed by atoms with van der Waals surface area (Å²) in [6.45, 7) is 1.31. The highest BCUT2D eigenvalue weighted by molar-refractivity contribution is 5.76. The normalized spacial score (nSPS) is 20.1. The SMILES string of the molecule is O=c1[nH]c2ccc(O)cc2n1CC1CCCO1. The Morgan fingerprint density at radius 1 is 1.53 bits per heavy atom. The summed E-state index contributed by atoms with van der Waals surface area (Å²) in [5, 5.41) is 9.46. The number of H-pyrrole nitrogens is 1. The zero-order valence-electron chi connectivity index (χ0n) is 9.35. The van der Waals surface area contributed by atoms with E-state index in [1.165, 1.54) is 0 Å². The molecule has 0 saturated carbocycles. The Kier molecular flexibility index (Phi) is 2.40. The van der Waals surface area contributed by atoms with Gasteiger partial charge in [0.1, 0.15) is 5.75 Å². The number of aromatic amines is 1. The highest BCUT2D eigenvalue weighted by atomic mass is 16.5. The second-order valence-corrected chi connectivity index (χ2v) is 4.38. The Morgan fingerprint density at radius 3 is 3.18 bits per heavy atom. The molecule has 3 rings (SSSR count). The molecule has 2 heterocycles. The fourth-order valence-corrected chi connectivity index (χ4v) is 2.31. The van der Waals surface area contributed by atoms with Gasteiger partial charge in [-0.2, -0.15) is 0 Å². The summed E-state index contributed by atoms with van der Waals surface area (Å²) in [6, 6.07) is 4.87. The van der Waals surface area contributed by atoms with Gasteiger partial charge in [-0.15, -0.1) is 0 Å². The molecule has 0 spiro atoms. The van der Waals surface area contributed by atoms with Crippen molar-refractivity contribution in [2.24, 2.45) is 0 Å². The number of hydrogen-bond donors (Lipinski definition) is 2. The van der Waals surface area contributed by atoms with Crippen molar-refractivity contribution in [3.8, 4) is 5.75 Å². The fourth-order valence-electron chi connectivity index (χ4n) is 2.31. The van der Waals surface area contributed by atoms with Crippen molar-refractivity contribution in [1.29, 1.82) is 0 Å². The van der Waals surface area contributed by atoms with Crippen LogP contribution in [0.3, 0.4) is 0 Å². The van der Waals surface area contributed by atoms with Gasteiger partial charge in [-0.05, 0) is 25.0 Å². The number of aromatic hydroxyl groups is 1. The number of hydrogen-bond acceptors (Lipinski definition) is 3. The maximum absolute atomic E-state index is 11.8. The van der Waals surface area contributed by atoms with E-state index in [2.05, 4.69) is 4.98 Å². The molecule has 0 radical (unpaired) electrons. The number of nitrogens with one attached hydrogen (secondary N) is 1. The third-order valence-electron chi connectivity index (χ3n) is 3.17. The van der Waals surface area contributed by atoms with Crippen molar-refractivity contribution in [3.63, 3.8) is 0 Å². The van der Waals surface area contributed by atoms with E-state index < -0.39 is 0 Å². The molecule has 5 heteroatoms. The number of ether oxygens (including phenoxy) is 1. The minimum atomic E-state index is -0.152. The monoisotopic (exact) mass is 234 g/mol. The van der Waals surface area contributed by atoms with Crippen LogP contribution < -0.4 is 5.69 Å². The smallest absolute Gasteiger partial charge is 0.326 e. The van der Waals surface area contributed by atoms with E-state index in [4.69, 9.17) is 4.74 Å². The summed E-state index contributed by atoms with van der Waals surface area (Å²) in [5.41, 5.74) is 1.32. The minimum absolute atomic E-state index is 0.106. The van der Waals surface area contributed by atoms with Crippen LogP contribution in [0.5, 0.6) is 5.75 Å². The van der Waals surface area contributed by atoms with Crippen LogP contribution in [-0.4, -0.2) is 27.4 Å². The number of nitrogens with zero attached hydrogens (tertiary/aromatic N) is 1. The first-order valence-electron chi connectivity index (χ1n) is 5.77. The van der Waals surface area contributed by atoms with Crippen LogP contribution in [0.4, 0.5) is 0 Å². The number of phenols is 1. The third kappa shape index (κ3) is 1.82. The van der Waals surface area contributed by atoms with Gasteiger partial charge in [-0.3, -0.25) is 4.57 Å². The summed E-state index contributed by atoms with van der Waals surface area (Å²) in [6.07, 6.45) is 2.14. The second kappa shape index (κ2) is 3.92. The molecule has 2 aromatic rings. The van der Waals surface area contributed by atoms with E-state index in [1.807, 2.05) is 0 Å². The van der Waals surface area contributed by atoms with Crippen LogP contribution in [0.25, 0.3) is 11.0 Å². The lowest BCUT2D eigenvalue weighted by Gasteiger charge is -2.10. The molecule has 5 nitrogen and oxygen atoms in total. The molecule has 0 bridgehead atoms. The van der Waals surface area contributed by atoms with Crippen molar-refractivity contribution in [3.05, 3.63) is 28.7 Å². The first-order chi connectivity index (χ1) is 8.24. The molecule has 2 N–H and O–H groups in total. The number of benzene rings is 1. The minimum Gasteiger partial charge on any atom is -0.508 e. The predicted octanol–water partition coefficient (Wildman–Crippen LogP) is 1.21. The molecular weight excluding hydrogens is 220 g/mol. The quantitative estimate of drug-likeness (QED) is 0.820. The molecule has 1 saturated heterocycles. The number of fused-ring (bicyclic) bond motifs is 1. The molecule has 1 fully saturated rings. The van der Waals surface area contributed by atoms with Crippen LogP contribution in [0, 0.1) is 0 Å². The lowest BCUT2D eigenvalue weighted by Crippen LogP contribution is -2.24. The first-order valence-corrected chi connectivity index (χ1v) is 5.77. The molecule has 1 aromatic carbocycles. The van der Waals surface area contributed by atoms with Crippen molar-refractivity contribution >= 4 is 11.0 Å². The van der Waals surface area contributed by atoms with Crippen LogP contribution in [0.15, 0.2) is 23.0 Å². The Bertz CT molecular complexity index is 593. The van der Waals surface area contributed by atoms with Gasteiger partial charge < -0.3 is 14.8 Å². The van der Waals surface area contributed by atoms with Crippen LogP contribution >= 0.6 is 0 Å². The number of imidazole rings is 1. The molecule has 0 amide bonds. The average Bonchev–Trinajstić information content (AvgIpc) is 2.90. The van der Waals surface area contributed by atoms with Crippen molar-refractivity contribution in [1.82, 2.24) is 9.55 Å². The summed E-state index contributed by atoms with van der Waals surface area (Å²) < 4.78 is 7.15. The topological polar surface area (TPSA) is 67.2 Å². The number of aromatic nitrogens is 2. The van der Waals surface area contributed by atoms with Crippen LogP contribution in [0.2, 0.25) is 0 Å². The Balaban J connectivity index is 2.04. The third-order valence-corrected chi connectivity index (χ3v) is 3.17. The summed E-state index contributed by atoms with van der Waals surface area (Å²) in [7, 11) is 0. The second-order valence-electron chi connectivity index (χ2n) is 4.38. The standard InChI is InChI=1S/C12H14N2O3/c15-8-3-4-10-11(6-8)14(12(16)13-10)7-9-2-1-5-17-9/h3-4,6,9,15H,1-2,5,7H2,(H,13,16). The summed E-state index contributed by atoms with van der Waals surface area (Å²) in [4.78, 5) is 14.6. The Hall–Kier alpha value is -1.75. The van der Waals surface area contributed by atoms with Gasteiger partial charge in [0.05, 0.1) is 23.7 Å². The molecule has 1 atom stereocenters. The summed E-state index contributed by atoms with van der Waals surface area (Å²) >= 11 is 0. The number of rotatable bonds is 2. The average molecular weight is 234 g/mol. The van der Waals surface area contributed by atoms with Gasteiger partial charge in [-0.25, -0.2) is 4.79 Å². The molecule has 17 heavy (non-hydrogen) atoms. The van der Waals surface area contributed by atoms with Gasteiger partial charge in [-0.1, -0.05) is 0 Å². The fraction of sp³-hybridized carbons (Fsp3) is 0.417. The van der Waals surface area contributed by atoms with E-state index in [-0.39, 0.29) is 17.5 Å². The molecule has 1 aromatic heterocycles. The van der Waals surface area contributed by atoms with E-state index in [1.54, 1.807) is 22.8 Å². The van der Waals surface area contributed by atoms with Crippen molar-refractivity contribution in [2.75, 3.05) is 6.61 Å². The van der Waals surface area contributed by atoms with Crippen molar-refractivity contribution < 1.29 is 9.84 Å². The Morgan fingerprint density at radius 2 is 2.41 bits per heavy atom. The van der Waals surface area contributed by atoms with Gasteiger partial charge >= 0.3 is 5.69 Å². The predicted molar refractivity (Wildman–Crippen MR) is 63.2 cm³/mol. The van der Waals surface area contributed by atoms with Gasteiger partial charge in [0, 0.05) is 12.7 Å². The zero-order chi connectivity index (χ0) is 11.8. The Labute approximate surface area is 97.6 Å². The lowest BCUT2D eigenvalue weighted by molar-refractivity contribution is 0.0972. The van der Waals surface area contributed by atoms with Crippen molar-refractivity contribution in [2.45, 2.75) is 25.5 Å². The lowest BCUT2D eigenvalue weighted by atomic mass is 10.2. The molecule has 0 aliphatic carbocycles. The molecule has 1 aliphatic heterocycles. The molecule has 90 valence electrons. The molecule has 1 unspecified atom stereocenters. The van der Waals surface area contributed by atoms with Gasteiger partial charge in [0.25, 0.3) is 0 Å².